The molecule has 1 saturated heterocycles. The monoisotopic (exact) mass is 256 g/mol. The Hall–Kier alpha value is -1.14. The van der Waals surface area contributed by atoms with Crippen LogP contribution in [0.25, 0.3) is 0 Å². The number of rotatable bonds is 5. The fourth-order valence-electron chi connectivity index (χ4n) is 2.49. The molecule has 0 aromatic rings. The number of carbonyl (C=O) groups is 2. The Morgan fingerprint density at radius 2 is 1.89 bits per heavy atom. The van der Waals surface area contributed by atoms with Gasteiger partial charge in [-0.1, -0.05) is 0 Å². The summed E-state index contributed by atoms with van der Waals surface area (Å²) in [6.45, 7) is 1.86. The first-order valence-electron chi connectivity index (χ1n) is 6.30. The molecule has 0 aromatic heterocycles. The van der Waals surface area contributed by atoms with Crippen LogP contribution in [0.2, 0.25) is 0 Å². The molecule has 1 aliphatic heterocycles. The number of carboxylic acids is 1. The fourth-order valence-corrected chi connectivity index (χ4v) is 2.49. The highest BCUT2D eigenvalue weighted by Crippen LogP contribution is 2.38. The molecule has 18 heavy (non-hydrogen) atoms. The summed E-state index contributed by atoms with van der Waals surface area (Å²) >= 11 is 0. The molecule has 6 nitrogen and oxygen atoms in total. The largest absolute Gasteiger partial charge is 0.480 e. The zero-order chi connectivity index (χ0) is 13.2. The van der Waals surface area contributed by atoms with Crippen molar-refractivity contribution in [2.24, 2.45) is 5.41 Å². The summed E-state index contributed by atoms with van der Waals surface area (Å²) in [4.78, 5) is 23.5. The molecule has 0 spiro atoms. The Kier molecular flexibility index (Phi) is 3.59. The van der Waals surface area contributed by atoms with Crippen molar-refractivity contribution in [2.45, 2.75) is 31.2 Å². The Morgan fingerprint density at radius 1 is 1.28 bits per heavy atom. The molecule has 2 aliphatic rings. The molecule has 0 radical (unpaired) electrons. The number of nitrogens with one attached hydrogen (secondary N) is 2. The van der Waals surface area contributed by atoms with Crippen LogP contribution in [0.5, 0.6) is 0 Å². The first kappa shape index (κ1) is 13.3. The van der Waals surface area contributed by atoms with Crippen molar-refractivity contribution in [1.29, 1.82) is 0 Å². The number of aliphatic carboxylic acids is 1. The molecule has 0 aromatic carbocycles. The van der Waals surface area contributed by atoms with Crippen LogP contribution in [-0.2, 0) is 14.3 Å². The molecule has 1 aliphatic carbocycles. The van der Waals surface area contributed by atoms with Crippen LogP contribution in [0, 0.1) is 5.41 Å². The summed E-state index contributed by atoms with van der Waals surface area (Å²) in [5.74, 6) is -1.11. The first-order chi connectivity index (χ1) is 8.55. The van der Waals surface area contributed by atoms with Gasteiger partial charge in [-0.05, 0) is 38.8 Å². The zero-order valence-corrected chi connectivity index (χ0v) is 10.6. The average molecular weight is 256 g/mol. The van der Waals surface area contributed by atoms with Gasteiger partial charge in [-0.2, -0.15) is 0 Å². The van der Waals surface area contributed by atoms with Gasteiger partial charge in [0.05, 0.1) is 12.0 Å². The van der Waals surface area contributed by atoms with Crippen LogP contribution in [-0.4, -0.2) is 49.3 Å². The molecule has 1 saturated carbocycles. The van der Waals surface area contributed by atoms with Gasteiger partial charge in [0, 0.05) is 7.11 Å². The third-order valence-corrected chi connectivity index (χ3v) is 3.98. The summed E-state index contributed by atoms with van der Waals surface area (Å²) in [5.41, 5.74) is -1.59. The minimum Gasteiger partial charge on any atom is -0.480 e. The van der Waals surface area contributed by atoms with Gasteiger partial charge < -0.3 is 20.5 Å². The summed E-state index contributed by atoms with van der Waals surface area (Å²) in [6, 6.07) is 0. The molecule has 0 unspecified atom stereocenters. The second kappa shape index (κ2) is 4.85. The third kappa shape index (κ3) is 2.35. The lowest BCUT2D eigenvalue weighted by Crippen LogP contribution is -2.55. The number of ether oxygens (including phenoxy) is 1. The van der Waals surface area contributed by atoms with Gasteiger partial charge in [0.25, 0.3) is 0 Å². The molecule has 1 heterocycles. The Balaban J connectivity index is 2.06. The van der Waals surface area contributed by atoms with E-state index in [-0.39, 0.29) is 5.91 Å². The van der Waals surface area contributed by atoms with Crippen molar-refractivity contribution in [3.63, 3.8) is 0 Å². The van der Waals surface area contributed by atoms with Crippen molar-refractivity contribution in [1.82, 2.24) is 10.6 Å². The average Bonchev–Trinajstić information content (AvgIpc) is 3.11. The van der Waals surface area contributed by atoms with Crippen molar-refractivity contribution in [2.75, 3.05) is 26.8 Å². The fraction of sp³-hybridized carbons (Fsp3) is 0.833. The molecule has 1 amide bonds. The van der Waals surface area contributed by atoms with E-state index >= 15 is 0 Å². The number of hydrogen-bond donors (Lipinski definition) is 3. The highest BCUT2D eigenvalue weighted by Gasteiger charge is 2.54. The quantitative estimate of drug-likeness (QED) is 0.630. The SMILES string of the molecule is COCC1(C(=O)NC2(C(=O)O)CC2)CCNCC1. The lowest BCUT2D eigenvalue weighted by Gasteiger charge is -2.36. The van der Waals surface area contributed by atoms with Crippen LogP contribution in [0.1, 0.15) is 25.7 Å². The minimum atomic E-state index is -1.01. The molecule has 2 fully saturated rings. The maximum atomic E-state index is 12.4. The van der Waals surface area contributed by atoms with E-state index in [9.17, 15) is 9.59 Å². The second-order valence-corrected chi connectivity index (χ2v) is 5.30. The lowest BCUT2D eigenvalue weighted by molar-refractivity contribution is -0.147. The van der Waals surface area contributed by atoms with Gasteiger partial charge in [-0.15, -0.1) is 0 Å². The summed E-state index contributed by atoms with van der Waals surface area (Å²) < 4.78 is 5.17. The number of carboxylic acid groups (broad SMARTS) is 1. The van der Waals surface area contributed by atoms with Crippen LogP contribution in [0.4, 0.5) is 0 Å². The number of amides is 1. The summed E-state index contributed by atoms with van der Waals surface area (Å²) in [7, 11) is 1.57. The van der Waals surface area contributed by atoms with Crippen LogP contribution in [0.15, 0.2) is 0 Å². The van der Waals surface area contributed by atoms with E-state index in [1.54, 1.807) is 7.11 Å². The number of hydrogen-bond acceptors (Lipinski definition) is 4. The Labute approximate surface area is 106 Å². The van der Waals surface area contributed by atoms with Gasteiger partial charge in [0.1, 0.15) is 5.54 Å². The van der Waals surface area contributed by atoms with Crippen LogP contribution in [0.3, 0.4) is 0 Å². The number of methoxy groups -OCH3 is 1. The zero-order valence-electron chi connectivity index (χ0n) is 10.6. The van der Waals surface area contributed by atoms with E-state index in [0.717, 1.165) is 13.1 Å². The molecule has 6 heteroatoms. The maximum absolute atomic E-state index is 12.4. The molecule has 102 valence electrons. The van der Waals surface area contributed by atoms with Crippen molar-refractivity contribution < 1.29 is 19.4 Å². The molecule has 0 atom stereocenters. The smallest absolute Gasteiger partial charge is 0.329 e. The van der Waals surface area contributed by atoms with Gasteiger partial charge >= 0.3 is 5.97 Å². The predicted octanol–water partition coefficient (Wildman–Crippen LogP) is -0.264. The number of piperidine rings is 1. The molecular formula is C12H20N2O4. The van der Waals surface area contributed by atoms with Gasteiger partial charge in [-0.3, -0.25) is 4.79 Å². The third-order valence-electron chi connectivity index (χ3n) is 3.98. The predicted molar refractivity (Wildman–Crippen MR) is 64.2 cm³/mol. The van der Waals surface area contributed by atoms with Crippen molar-refractivity contribution in [3.8, 4) is 0 Å². The van der Waals surface area contributed by atoms with E-state index in [2.05, 4.69) is 10.6 Å². The molecule has 0 bridgehead atoms. The normalized spacial score (nSPS) is 24.3. The highest BCUT2D eigenvalue weighted by atomic mass is 16.5. The van der Waals surface area contributed by atoms with Crippen LogP contribution < -0.4 is 10.6 Å². The topological polar surface area (TPSA) is 87.7 Å². The Bertz CT molecular complexity index is 340. The van der Waals surface area contributed by atoms with Crippen molar-refractivity contribution in [3.05, 3.63) is 0 Å². The van der Waals surface area contributed by atoms with E-state index in [1.165, 1.54) is 0 Å². The molecule has 2 rings (SSSR count). The molecule has 3 N–H and O–H groups in total. The lowest BCUT2D eigenvalue weighted by atomic mass is 9.78. The summed E-state index contributed by atoms with van der Waals surface area (Å²) in [6.07, 6.45) is 2.41. The summed E-state index contributed by atoms with van der Waals surface area (Å²) in [5, 5.41) is 15.0. The van der Waals surface area contributed by atoms with E-state index < -0.39 is 16.9 Å². The molecular weight excluding hydrogens is 236 g/mol. The number of carbonyl (C=O) groups excluding carboxylic acids is 1. The van der Waals surface area contributed by atoms with E-state index in [1.807, 2.05) is 0 Å². The maximum Gasteiger partial charge on any atom is 0.329 e. The van der Waals surface area contributed by atoms with Gasteiger partial charge in [-0.25, -0.2) is 4.79 Å². The first-order valence-corrected chi connectivity index (χ1v) is 6.30. The highest BCUT2D eigenvalue weighted by molar-refractivity contribution is 5.92. The van der Waals surface area contributed by atoms with Gasteiger partial charge in [0.15, 0.2) is 0 Å². The second-order valence-electron chi connectivity index (χ2n) is 5.30. The van der Waals surface area contributed by atoms with Gasteiger partial charge in [0.2, 0.25) is 5.91 Å². The van der Waals surface area contributed by atoms with E-state index in [0.29, 0.717) is 32.3 Å². The minimum absolute atomic E-state index is 0.175. The van der Waals surface area contributed by atoms with Crippen molar-refractivity contribution >= 4 is 11.9 Å². The van der Waals surface area contributed by atoms with Crippen LogP contribution >= 0.6 is 0 Å². The van der Waals surface area contributed by atoms with E-state index in [4.69, 9.17) is 9.84 Å². The Morgan fingerprint density at radius 3 is 2.33 bits per heavy atom. The standard InChI is InChI=1S/C12H20N2O4/c1-18-8-11(4-6-13-7-5-11)9(15)14-12(2-3-12)10(16)17/h13H,2-8H2,1H3,(H,14,15)(H,16,17).